The number of nitrogens with zero attached hydrogens (tertiary/aromatic N) is 1. The minimum Gasteiger partial charge on any atom is -0.388 e. The highest BCUT2D eigenvalue weighted by molar-refractivity contribution is 6.07. The molecule has 5 heteroatoms. The average Bonchev–Trinajstić information content (AvgIpc) is 2.64. The molecule has 1 aliphatic heterocycles. The first kappa shape index (κ1) is 15.3. The molecule has 1 unspecified atom stereocenters. The smallest absolute Gasteiger partial charge is 0.325 e. The molecule has 1 aliphatic carbocycles. The molecule has 0 radical (unpaired) electrons. The van der Waals surface area contributed by atoms with Crippen molar-refractivity contribution in [2.75, 3.05) is 6.54 Å². The summed E-state index contributed by atoms with van der Waals surface area (Å²) in [6, 6.07) is -0.357. The molecule has 5 nitrogen and oxygen atoms in total. The van der Waals surface area contributed by atoms with E-state index >= 15 is 0 Å². The molecule has 1 heterocycles. The third kappa shape index (κ3) is 2.43. The van der Waals surface area contributed by atoms with E-state index in [9.17, 15) is 14.7 Å². The quantitative estimate of drug-likeness (QED) is 0.775. The lowest BCUT2D eigenvalue weighted by Gasteiger charge is -2.35. The molecule has 2 aliphatic rings. The molecule has 20 heavy (non-hydrogen) atoms. The van der Waals surface area contributed by atoms with Crippen molar-refractivity contribution in [1.82, 2.24) is 10.2 Å². The Balaban J connectivity index is 2.17. The fraction of sp³-hybridized carbons (Fsp3) is 0.867. The SMILES string of the molecule is CCC1(C(C)C)NC(=O)N(CC2(O)CCCCC2)C1=O. The van der Waals surface area contributed by atoms with Crippen molar-refractivity contribution in [2.24, 2.45) is 5.92 Å². The molecular weight excluding hydrogens is 256 g/mol. The van der Waals surface area contributed by atoms with E-state index in [1.54, 1.807) is 0 Å². The van der Waals surface area contributed by atoms with Gasteiger partial charge in [0.05, 0.1) is 12.1 Å². The third-order valence-corrected chi connectivity index (χ3v) is 4.98. The molecule has 114 valence electrons. The van der Waals surface area contributed by atoms with E-state index in [1.807, 2.05) is 20.8 Å². The fourth-order valence-electron chi connectivity index (χ4n) is 3.49. The van der Waals surface area contributed by atoms with Crippen molar-refractivity contribution in [1.29, 1.82) is 0 Å². The van der Waals surface area contributed by atoms with Crippen LogP contribution in [-0.4, -0.2) is 39.6 Å². The number of β-amino-alcohol motifs (C(OH)–C–C–N with tert-alkyl or cyclic N) is 1. The maximum Gasteiger partial charge on any atom is 0.325 e. The lowest BCUT2D eigenvalue weighted by atomic mass is 9.82. The molecule has 1 atom stereocenters. The number of aliphatic hydroxyl groups is 1. The Morgan fingerprint density at radius 2 is 1.85 bits per heavy atom. The van der Waals surface area contributed by atoms with E-state index in [2.05, 4.69) is 5.32 Å². The zero-order valence-electron chi connectivity index (χ0n) is 12.7. The van der Waals surface area contributed by atoms with Crippen molar-refractivity contribution in [3.8, 4) is 0 Å². The minimum absolute atomic E-state index is 0.0370. The number of hydrogen-bond donors (Lipinski definition) is 2. The summed E-state index contributed by atoms with van der Waals surface area (Å²) in [6.07, 6.45) is 4.96. The Labute approximate surface area is 120 Å². The summed E-state index contributed by atoms with van der Waals surface area (Å²) in [6.45, 7) is 5.93. The van der Waals surface area contributed by atoms with Crippen LogP contribution in [0.15, 0.2) is 0 Å². The van der Waals surface area contributed by atoms with Crippen LogP contribution in [0.2, 0.25) is 0 Å². The molecule has 3 amide bonds. The Kier molecular flexibility index (Phi) is 4.09. The van der Waals surface area contributed by atoms with Crippen LogP contribution in [0, 0.1) is 5.92 Å². The first-order valence-corrected chi connectivity index (χ1v) is 7.71. The van der Waals surface area contributed by atoms with Crippen LogP contribution in [0.1, 0.15) is 59.3 Å². The van der Waals surface area contributed by atoms with Crippen LogP contribution in [0.4, 0.5) is 4.79 Å². The second-order valence-electron chi connectivity index (χ2n) is 6.59. The molecule has 0 aromatic heterocycles. The predicted molar refractivity (Wildman–Crippen MR) is 76.1 cm³/mol. The molecule has 1 saturated carbocycles. The number of nitrogens with one attached hydrogen (secondary N) is 1. The topological polar surface area (TPSA) is 69.6 Å². The summed E-state index contributed by atoms with van der Waals surface area (Å²) in [5, 5.41) is 13.4. The molecule has 2 rings (SSSR count). The molecule has 0 bridgehead atoms. The second kappa shape index (κ2) is 5.35. The van der Waals surface area contributed by atoms with Crippen molar-refractivity contribution in [3.05, 3.63) is 0 Å². The number of carbonyl (C=O) groups is 2. The molecule has 0 aromatic rings. The van der Waals surface area contributed by atoms with E-state index in [0.717, 1.165) is 19.3 Å². The number of amides is 3. The first-order chi connectivity index (χ1) is 9.34. The van der Waals surface area contributed by atoms with E-state index in [-0.39, 0.29) is 24.4 Å². The maximum absolute atomic E-state index is 12.7. The highest BCUT2D eigenvalue weighted by atomic mass is 16.3. The van der Waals surface area contributed by atoms with Crippen molar-refractivity contribution < 1.29 is 14.7 Å². The zero-order valence-corrected chi connectivity index (χ0v) is 12.7. The molecule has 2 N–H and O–H groups in total. The molecule has 2 fully saturated rings. The summed E-state index contributed by atoms with van der Waals surface area (Å²) in [5.41, 5.74) is -1.70. The highest BCUT2D eigenvalue weighted by Gasteiger charge is 2.53. The number of carbonyl (C=O) groups excluding carboxylic acids is 2. The van der Waals surface area contributed by atoms with Gasteiger partial charge in [-0.1, -0.05) is 40.0 Å². The summed E-state index contributed by atoms with van der Waals surface area (Å²) in [4.78, 5) is 26.1. The number of rotatable bonds is 4. The largest absolute Gasteiger partial charge is 0.388 e. The lowest BCUT2D eigenvalue weighted by Crippen LogP contribution is -2.52. The van der Waals surface area contributed by atoms with Crippen LogP contribution < -0.4 is 5.32 Å². The van der Waals surface area contributed by atoms with Gasteiger partial charge in [0, 0.05) is 0 Å². The summed E-state index contributed by atoms with van der Waals surface area (Å²) < 4.78 is 0. The van der Waals surface area contributed by atoms with Crippen molar-refractivity contribution in [3.63, 3.8) is 0 Å². The van der Waals surface area contributed by atoms with Gasteiger partial charge in [-0.2, -0.15) is 0 Å². The molecule has 0 aromatic carbocycles. The van der Waals surface area contributed by atoms with Crippen LogP contribution in [-0.2, 0) is 4.79 Å². The number of hydrogen-bond acceptors (Lipinski definition) is 3. The molecule has 1 saturated heterocycles. The molecular formula is C15H26N2O3. The Bertz CT molecular complexity index is 402. The average molecular weight is 282 g/mol. The highest BCUT2D eigenvalue weighted by Crippen LogP contribution is 2.33. The summed E-state index contributed by atoms with van der Waals surface area (Å²) in [5.74, 6) is -0.144. The van der Waals surface area contributed by atoms with Gasteiger partial charge in [0.25, 0.3) is 5.91 Å². The second-order valence-corrected chi connectivity index (χ2v) is 6.59. The van der Waals surface area contributed by atoms with E-state index in [1.165, 1.54) is 4.90 Å². The van der Waals surface area contributed by atoms with Crippen LogP contribution in [0.3, 0.4) is 0 Å². The van der Waals surface area contributed by atoms with E-state index in [0.29, 0.717) is 19.3 Å². The normalized spacial score (nSPS) is 29.9. The van der Waals surface area contributed by atoms with Crippen molar-refractivity contribution in [2.45, 2.75) is 70.4 Å². The van der Waals surface area contributed by atoms with E-state index < -0.39 is 11.1 Å². The predicted octanol–water partition coefficient (Wildman–Crippen LogP) is 2.04. The van der Waals surface area contributed by atoms with Gasteiger partial charge in [0.15, 0.2) is 0 Å². The molecule has 0 spiro atoms. The summed E-state index contributed by atoms with van der Waals surface area (Å²) >= 11 is 0. The van der Waals surface area contributed by atoms with Gasteiger partial charge < -0.3 is 10.4 Å². The lowest BCUT2D eigenvalue weighted by molar-refractivity contribution is -0.136. The fourth-order valence-corrected chi connectivity index (χ4v) is 3.49. The Hall–Kier alpha value is -1.10. The minimum atomic E-state index is -0.897. The Morgan fingerprint density at radius 1 is 1.25 bits per heavy atom. The maximum atomic E-state index is 12.7. The van der Waals surface area contributed by atoms with Crippen LogP contribution >= 0.6 is 0 Å². The van der Waals surface area contributed by atoms with Gasteiger partial charge in [-0.15, -0.1) is 0 Å². The number of urea groups is 1. The van der Waals surface area contributed by atoms with Gasteiger partial charge in [0.1, 0.15) is 5.54 Å². The van der Waals surface area contributed by atoms with Gasteiger partial charge in [-0.05, 0) is 25.2 Å². The van der Waals surface area contributed by atoms with Gasteiger partial charge in [0.2, 0.25) is 0 Å². The standard InChI is InChI=1S/C15H26N2O3/c1-4-15(11(2)3)12(18)17(13(19)16-15)10-14(20)8-6-5-7-9-14/h11,20H,4-10H2,1-3H3,(H,16,19). The van der Waals surface area contributed by atoms with Crippen LogP contribution in [0.25, 0.3) is 0 Å². The van der Waals surface area contributed by atoms with Gasteiger partial charge in [-0.25, -0.2) is 4.79 Å². The summed E-state index contributed by atoms with van der Waals surface area (Å²) in [7, 11) is 0. The van der Waals surface area contributed by atoms with Crippen LogP contribution in [0.5, 0.6) is 0 Å². The van der Waals surface area contributed by atoms with E-state index in [4.69, 9.17) is 0 Å². The zero-order chi connectivity index (χ0) is 15.0. The van der Waals surface area contributed by atoms with Gasteiger partial charge in [-0.3, -0.25) is 9.69 Å². The van der Waals surface area contributed by atoms with Crippen molar-refractivity contribution >= 4 is 11.9 Å². The van der Waals surface area contributed by atoms with Gasteiger partial charge >= 0.3 is 6.03 Å². The first-order valence-electron chi connectivity index (χ1n) is 7.71. The number of imide groups is 1. The Morgan fingerprint density at radius 3 is 2.30 bits per heavy atom. The monoisotopic (exact) mass is 282 g/mol. The third-order valence-electron chi connectivity index (χ3n) is 4.98.